The van der Waals surface area contributed by atoms with Crippen LogP contribution < -0.4 is 0 Å². The lowest BCUT2D eigenvalue weighted by Crippen LogP contribution is -2.31. The smallest absolute Gasteiger partial charge is 0.224 e. The lowest BCUT2D eigenvalue weighted by atomic mass is 10.1. The van der Waals surface area contributed by atoms with E-state index in [9.17, 15) is 4.79 Å². The summed E-state index contributed by atoms with van der Waals surface area (Å²) in [6.07, 6.45) is 7.67. The van der Waals surface area contributed by atoms with Gasteiger partial charge in [-0.25, -0.2) is 9.97 Å². The minimum atomic E-state index is 0.0971. The standard InChI is InChI=1S/C15H19N5O/c1-12-5-9-19(18-12)10-6-15(21)20-8-2-3-14(20)13-4-7-16-11-17-13/h4-5,7,9,11,14H,2-3,6,8,10H2,1H3. The van der Waals surface area contributed by atoms with Gasteiger partial charge in [-0.05, 0) is 31.9 Å². The second-order valence-corrected chi connectivity index (χ2v) is 5.35. The molecule has 2 aromatic rings. The zero-order valence-electron chi connectivity index (χ0n) is 12.1. The summed E-state index contributed by atoms with van der Waals surface area (Å²) in [5.74, 6) is 0.171. The average Bonchev–Trinajstić information content (AvgIpc) is 3.14. The highest BCUT2D eigenvalue weighted by atomic mass is 16.2. The van der Waals surface area contributed by atoms with Gasteiger partial charge in [0.2, 0.25) is 5.91 Å². The van der Waals surface area contributed by atoms with E-state index in [4.69, 9.17) is 0 Å². The van der Waals surface area contributed by atoms with E-state index in [0.29, 0.717) is 13.0 Å². The number of carbonyl (C=O) groups excluding carboxylic acids is 1. The van der Waals surface area contributed by atoms with Crippen molar-refractivity contribution in [3.63, 3.8) is 0 Å². The van der Waals surface area contributed by atoms with Crippen molar-refractivity contribution in [2.45, 2.75) is 38.8 Å². The zero-order valence-corrected chi connectivity index (χ0v) is 12.1. The summed E-state index contributed by atoms with van der Waals surface area (Å²) in [6.45, 7) is 3.38. The van der Waals surface area contributed by atoms with E-state index in [1.54, 1.807) is 12.5 Å². The van der Waals surface area contributed by atoms with Crippen LogP contribution in [0.1, 0.15) is 36.7 Å². The Morgan fingerprint density at radius 1 is 1.43 bits per heavy atom. The fourth-order valence-corrected chi connectivity index (χ4v) is 2.81. The topological polar surface area (TPSA) is 63.9 Å². The Morgan fingerprint density at radius 2 is 2.33 bits per heavy atom. The minimum Gasteiger partial charge on any atom is -0.334 e. The molecule has 0 N–H and O–H groups in total. The molecule has 1 fully saturated rings. The van der Waals surface area contributed by atoms with Crippen LogP contribution >= 0.6 is 0 Å². The lowest BCUT2D eigenvalue weighted by Gasteiger charge is -2.24. The van der Waals surface area contributed by atoms with Gasteiger partial charge in [0.15, 0.2) is 0 Å². The quantitative estimate of drug-likeness (QED) is 0.858. The molecule has 1 aliphatic rings. The normalized spacial score (nSPS) is 18.1. The highest BCUT2D eigenvalue weighted by molar-refractivity contribution is 5.76. The summed E-state index contributed by atoms with van der Waals surface area (Å²) in [5.41, 5.74) is 1.91. The van der Waals surface area contributed by atoms with Crippen LogP contribution in [0.5, 0.6) is 0 Å². The minimum absolute atomic E-state index is 0.0971. The Balaban J connectivity index is 1.63. The molecule has 6 nitrogen and oxygen atoms in total. The predicted molar refractivity (Wildman–Crippen MR) is 77.3 cm³/mol. The number of rotatable bonds is 4. The third-order valence-electron chi connectivity index (χ3n) is 3.85. The van der Waals surface area contributed by atoms with Crippen LogP contribution in [0.4, 0.5) is 0 Å². The molecule has 1 atom stereocenters. The summed E-state index contributed by atoms with van der Waals surface area (Å²) in [6, 6.07) is 3.94. The first kappa shape index (κ1) is 13.7. The highest BCUT2D eigenvalue weighted by Crippen LogP contribution is 2.30. The summed E-state index contributed by atoms with van der Waals surface area (Å²) in [4.78, 5) is 22.6. The lowest BCUT2D eigenvalue weighted by molar-refractivity contribution is -0.132. The molecule has 6 heteroatoms. The van der Waals surface area contributed by atoms with E-state index in [1.165, 1.54) is 0 Å². The monoisotopic (exact) mass is 285 g/mol. The van der Waals surface area contributed by atoms with Gasteiger partial charge >= 0.3 is 0 Å². The maximum atomic E-state index is 12.5. The van der Waals surface area contributed by atoms with Gasteiger partial charge in [-0.2, -0.15) is 5.10 Å². The Bertz CT molecular complexity index is 610. The van der Waals surface area contributed by atoms with E-state index in [-0.39, 0.29) is 11.9 Å². The molecule has 21 heavy (non-hydrogen) atoms. The van der Waals surface area contributed by atoms with Crippen LogP contribution in [0, 0.1) is 6.92 Å². The third kappa shape index (κ3) is 3.09. The molecule has 0 aliphatic carbocycles. The largest absolute Gasteiger partial charge is 0.334 e. The first-order valence-electron chi connectivity index (χ1n) is 7.29. The van der Waals surface area contributed by atoms with Crippen LogP contribution in [-0.4, -0.2) is 37.1 Å². The van der Waals surface area contributed by atoms with E-state index in [1.807, 2.05) is 34.8 Å². The van der Waals surface area contributed by atoms with Gasteiger partial charge in [-0.3, -0.25) is 9.48 Å². The van der Waals surface area contributed by atoms with Crippen LogP contribution in [0.3, 0.4) is 0 Å². The van der Waals surface area contributed by atoms with Crippen molar-refractivity contribution in [1.82, 2.24) is 24.6 Å². The number of hydrogen-bond acceptors (Lipinski definition) is 4. The zero-order chi connectivity index (χ0) is 14.7. The molecule has 1 unspecified atom stereocenters. The number of carbonyl (C=O) groups is 1. The number of aromatic nitrogens is 4. The fraction of sp³-hybridized carbons (Fsp3) is 0.467. The molecule has 0 saturated carbocycles. The van der Waals surface area contributed by atoms with Gasteiger partial charge in [0.25, 0.3) is 0 Å². The Morgan fingerprint density at radius 3 is 3.05 bits per heavy atom. The van der Waals surface area contributed by atoms with Crippen molar-refractivity contribution in [2.75, 3.05) is 6.54 Å². The molecule has 0 aromatic carbocycles. The van der Waals surface area contributed by atoms with Crippen molar-refractivity contribution in [2.24, 2.45) is 0 Å². The van der Waals surface area contributed by atoms with E-state index in [2.05, 4.69) is 15.1 Å². The van der Waals surface area contributed by atoms with Gasteiger partial charge in [-0.15, -0.1) is 0 Å². The van der Waals surface area contributed by atoms with Crippen molar-refractivity contribution in [3.05, 3.63) is 42.2 Å². The Kier molecular flexibility index (Phi) is 3.94. The van der Waals surface area contributed by atoms with E-state index >= 15 is 0 Å². The van der Waals surface area contributed by atoms with Crippen molar-refractivity contribution >= 4 is 5.91 Å². The average molecular weight is 285 g/mol. The van der Waals surface area contributed by atoms with Crippen LogP contribution in [0.2, 0.25) is 0 Å². The summed E-state index contributed by atoms with van der Waals surface area (Å²) in [7, 11) is 0. The molecule has 0 spiro atoms. The first-order chi connectivity index (χ1) is 10.2. The molecule has 2 aromatic heterocycles. The first-order valence-corrected chi connectivity index (χ1v) is 7.29. The molecule has 1 saturated heterocycles. The van der Waals surface area contributed by atoms with Crippen molar-refractivity contribution in [1.29, 1.82) is 0 Å². The highest BCUT2D eigenvalue weighted by Gasteiger charge is 2.30. The maximum absolute atomic E-state index is 12.5. The second-order valence-electron chi connectivity index (χ2n) is 5.35. The van der Waals surface area contributed by atoms with Gasteiger partial charge in [0, 0.05) is 31.9 Å². The number of amides is 1. The maximum Gasteiger partial charge on any atom is 0.224 e. The number of nitrogens with zero attached hydrogens (tertiary/aromatic N) is 5. The number of hydrogen-bond donors (Lipinski definition) is 0. The van der Waals surface area contributed by atoms with Crippen LogP contribution in [0.15, 0.2) is 30.9 Å². The summed E-state index contributed by atoms with van der Waals surface area (Å²) in [5, 5.41) is 4.31. The number of likely N-dealkylation sites (tertiary alicyclic amines) is 1. The van der Waals surface area contributed by atoms with Gasteiger partial charge < -0.3 is 4.90 Å². The van der Waals surface area contributed by atoms with E-state index < -0.39 is 0 Å². The van der Waals surface area contributed by atoms with Crippen molar-refractivity contribution < 1.29 is 4.79 Å². The molecule has 1 amide bonds. The SMILES string of the molecule is Cc1ccn(CCC(=O)N2CCCC2c2ccncn2)n1. The third-order valence-corrected chi connectivity index (χ3v) is 3.85. The predicted octanol–water partition coefficient (Wildman–Crippen LogP) is 1.74. The molecule has 0 bridgehead atoms. The molecular formula is C15H19N5O. The second kappa shape index (κ2) is 6.03. The Labute approximate surface area is 123 Å². The van der Waals surface area contributed by atoms with Gasteiger partial charge in [-0.1, -0.05) is 0 Å². The summed E-state index contributed by atoms with van der Waals surface area (Å²) >= 11 is 0. The molecule has 3 rings (SSSR count). The molecule has 1 aliphatic heterocycles. The molecule has 0 radical (unpaired) electrons. The number of aryl methyl sites for hydroxylation is 2. The summed E-state index contributed by atoms with van der Waals surface area (Å²) < 4.78 is 1.82. The molecule has 3 heterocycles. The van der Waals surface area contributed by atoms with Gasteiger partial charge in [0.05, 0.1) is 17.4 Å². The van der Waals surface area contributed by atoms with Gasteiger partial charge in [0.1, 0.15) is 6.33 Å². The molecular weight excluding hydrogens is 266 g/mol. The van der Waals surface area contributed by atoms with Crippen LogP contribution in [0.25, 0.3) is 0 Å². The fourth-order valence-electron chi connectivity index (χ4n) is 2.81. The molecule has 110 valence electrons. The van der Waals surface area contributed by atoms with E-state index in [0.717, 1.165) is 30.8 Å². The Hall–Kier alpha value is -2.24. The van der Waals surface area contributed by atoms with Crippen LogP contribution in [-0.2, 0) is 11.3 Å². The van der Waals surface area contributed by atoms with Crippen molar-refractivity contribution in [3.8, 4) is 0 Å².